The number of halogens is 1. The molecule has 0 radical (unpaired) electrons. The average Bonchev–Trinajstić information content (AvgIpc) is 2.98. The van der Waals surface area contributed by atoms with Crippen LogP contribution in [-0.2, 0) is 4.74 Å². The van der Waals surface area contributed by atoms with Crippen molar-refractivity contribution < 1.29 is 9.53 Å². The summed E-state index contributed by atoms with van der Waals surface area (Å²) in [7, 11) is 0. The first-order valence-corrected chi connectivity index (χ1v) is 10.3. The van der Waals surface area contributed by atoms with Gasteiger partial charge >= 0.3 is 5.97 Å². The molecule has 0 aliphatic rings. The van der Waals surface area contributed by atoms with E-state index in [9.17, 15) is 4.79 Å². The van der Waals surface area contributed by atoms with E-state index >= 15 is 0 Å². The summed E-state index contributed by atoms with van der Waals surface area (Å²) in [6, 6.07) is 0. The molecule has 2 aromatic heterocycles. The van der Waals surface area contributed by atoms with E-state index in [-0.39, 0.29) is 5.97 Å². The summed E-state index contributed by atoms with van der Waals surface area (Å²) >= 11 is 6.90. The van der Waals surface area contributed by atoms with Crippen LogP contribution in [0.4, 0.5) is 0 Å². The third-order valence-electron chi connectivity index (χ3n) is 4.08. The molecule has 0 saturated heterocycles. The highest BCUT2D eigenvalue weighted by Crippen LogP contribution is 2.43. The van der Waals surface area contributed by atoms with Crippen LogP contribution in [0.5, 0.6) is 0 Å². The minimum atomic E-state index is -0.162. The summed E-state index contributed by atoms with van der Waals surface area (Å²) in [5.41, 5.74) is 1.04. The van der Waals surface area contributed by atoms with E-state index in [0.29, 0.717) is 12.5 Å². The number of fused-ring (bicyclic) bond motifs is 1. The maximum atomic E-state index is 12.4. The van der Waals surface area contributed by atoms with Crippen molar-refractivity contribution in [1.29, 1.82) is 0 Å². The topological polar surface area (TPSA) is 26.3 Å². The van der Waals surface area contributed by atoms with Gasteiger partial charge < -0.3 is 4.74 Å². The third kappa shape index (κ3) is 3.74. The van der Waals surface area contributed by atoms with Crippen LogP contribution >= 0.6 is 38.6 Å². The second-order valence-corrected chi connectivity index (χ2v) is 9.27. The fraction of sp³-hybridized carbons (Fsp3) is 0.588. The molecule has 0 bridgehead atoms. The highest BCUT2D eigenvalue weighted by molar-refractivity contribution is 9.11. The van der Waals surface area contributed by atoms with Crippen LogP contribution in [0.2, 0.25) is 0 Å². The smallest absolute Gasteiger partial charge is 0.348 e. The molecule has 0 aromatic carbocycles. The average molecular weight is 403 g/mol. The lowest BCUT2D eigenvalue weighted by Gasteiger charge is -2.14. The highest BCUT2D eigenvalue weighted by atomic mass is 79.9. The number of carbonyl (C=O) groups excluding carboxylic acids is 1. The third-order valence-corrected chi connectivity index (χ3v) is 7.38. The molecule has 0 saturated carbocycles. The number of hydrogen-bond acceptors (Lipinski definition) is 4. The van der Waals surface area contributed by atoms with E-state index in [2.05, 4.69) is 36.7 Å². The SMILES string of the molecule is CCCCC(CC)COC(=O)c1sc2c(C)sc(Br)c2c1C. The zero-order valence-electron chi connectivity index (χ0n) is 13.6. The Labute approximate surface area is 149 Å². The molecule has 1 atom stereocenters. The summed E-state index contributed by atoms with van der Waals surface area (Å²) in [4.78, 5) is 14.4. The molecule has 2 rings (SSSR count). The first-order valence-electron chi connectivity index (χ1n) is 7.84. The summed E-state index contributed by atoms with van der Waals surface area (Å²) < 4.78 is 7.92. The summed E-state index contributed by atoms with van der Waals surface area (Å²) in [5.74, 6) is 0.322. The first kappa shape index (κ1) is 18.0. The van der Waals surface area contributed by atoms with Gasteiger partial charge in [0.2, 0.25) is 0 Å². The van der Waals surface area contributed by atoms with Gasteiger partial charge in [-0.2, -0.15) is 0 Å². The largest absolute Gasteiger partial charge is 0.461 e. The van der Waals surface area contributed by atoms with Crippen LogP contribution in [0, 0.1) is 19.8 Å². The highest BCUT2D eigenvalue weighted by Gasteiger charge is 2.22. The van der Waals surface area contributed by atoms with Crippen molar-refractivity contribution in [2.45, 2.75) is 53.4 Å². The Morgan fingerprint density at radius 3 is 2.59 bits per heavy atom. The van der Waals surface area contributed by atoms with Crippen molar-refractivity contribution in [3.05, 3.63) is 19.1 Å². The molecule has 0 N–H and O–H groups in total. The van der Waals surface area contributed by atoms with Crippen LogP contribution < -0.4 is 0 Å². The molecular formula is C17H23BrO2S2. The number of thiophene rings is 2. The fourth-order valence-electron chi connectivity index (χ4n) is 2.58. The quantitative estimate of drug-likeness (QED) is 0.480. The van der Waals surface area contributed by atoms with Gasteiger partial charge in [0.1, 0.15) is 4.88 Å². The van der Waals surface area contributed by atoms with Gasteiger partial charge in [-0.15, -0.1) is 22.7 Å². The zero-order valence-corrected chi connectivity index (χ0v) is 16.8. The first-order chi connectivity index (χ1) is 10.5. The van der Waals surface area contributed by atoms with Gasteiger partial charge in [0, 0.05) is 10.3 Å². The summed E-state index contributed by atoms with van der Waals surface area (Å²) in [5, 5.41) is 1.18. The Bertz CT molecular complexity index is 657. The molecule has 2 nitrogen and oxygen atoms in total. The van der Waals surface area contributed by atoms with E-state index in [4.69, 9.17) is 4.74 Å². The van der Waals surface area contributed by atoms with Gasteiger partial charge in [-0.25, -0.2) is 4.79 Å². The summed E-state index contributed by atoms with van der Waals surface area (Å²) in [6.45, 7) is 9.02. The van der Waals surface area contributed by atoms with Crippen molar-refractivity contribution in [3.63, 3.8) is 0 Å². The standard InChI is InChI=1S/C17H23BrO2S2/c1-5-7-8-12(6-2)9-20-17(19)14-10(3)13-15(22-14)11(4)21-16(13)18/h12H,5-9H2,1-4H3. The Balaban J connectivity index is 2.10. The molecule has 5 heteroatoms. The maximum absolute atomic E-state index is 12.4. The summed E-state index contributed by atoms with van der Waals surface area (Å²) in [6.07, 6.45) is 4.60. The maximum Gasteiger partial charge on any atom is 0.348 e. The van der Waals surface area contributed by atoms with Crippen molar-refractivity contribution >= 4 is 54.7 Å². The van der Waals surface area contributed by atoms with Gasteiger partial charge in [-0.05, 0) is 47.7 Å². The Morgan fingerprint density at radius 2 is 2.00 bits per heavy atom. The van der Waals surface area contributed by atoms with Gasteiger partial charge in [0.25, 0.3) is 0 Å². The molecule has 0 spiro atoms. The zero-order chi connectivity index (χ0) is 16.3. The lowest BCUT2D eigenvalue weighted by Crippen LogP contribution is -2.13. The normalized spacial score (nSPS) is 12.8. The molecule has 2 heterocycles. The van der Waals surface area contributed by atoms with E-state index < -0.39 is 0 Å². The monoisotopic (exact) mass is 402 g/mol. The molecule has 0 aliphatic carbocycles. The van der Waals surface area contributed by atoms with Gasteiger partial charge in [0.05, 0.1) is 15.1 Å². The Hall–Kier alpha value is -0.390. The lowest BCUT2D eigenvalue weighted by molar-refractivity contribution is 0.0433. The van der Waals surface area contributed by atoms with E-state index in [1.54, 1.807) is 22.7 Å². The number of ether oxygens (including phenoxy) is 1. The van der Waals surface area contributed by atoms with E-state index in [1.165, 1.54) is 27.8 Å². The number of esters is 1. The Morgan fingerprint density at radius 1 is 1.27 bits per heavy atom. The molecule has 22 heavy (non-hydrogen) atoms. The molecule has 0 amide bonds. The molecule has 2 aromatic rings. The second kappa shape index (κ2) is 7.93. The Kier molecular flexibility index (Phi) is 6.47. The van der Waals surface area contributed by atoms with Crippen LogP contribution in [0.1, 0.15) is 59.6 Å². The number of unbranched alkanes of at least 4 members (excludes halogenated alkanes) is 1. The van der Waals surface area contributed by atoms with Crippen molar-refractivity contribution in [1.82, 2.24) is 0 Å². The van der Waals surface area contributed by atoms with Crippen LogP contribution in [0.3, 0.4) is 0 Å². The minimum absolute atomic E-state index is 0.162. The van der Waals surface area contributed by atoms with Crippen LogP contribution in [0.15, 0.2) is 3.79 Å². The molecule has 0 aliphatic heterocycles. The van der Waals surface area contributed by atoms with Crippen molar-refractivity contribution in [3.8, 4) is 0 Å². The molecule has 0 fully saturated rings. The number of rotatable bonds is 7. The predicted octanol–water partition coefficient (Wildman–Crippen LogP) is 6.72. The van der Waals surface area contributed by atoms with Gasteiger partial charge in [-0.1, -0.05) is 33.1 Å². The number of carbonyl (C=O) groups is 1. The van der Waals surface area contributed by atoms with Crippen molar-refractivity contribution in [2.24, 2.45) is 5.92 Å². The number of aryl methyl sites for hydroxylation is 2. The predicted molar refractivity (Wildman–Crippen MR) is 100 cm³/mol. The second-order valence-electron chi connectivity index (χ2n) is 5.71. The van der Waals surface area contributed by atoms with Crippen molar-refractivity contribution in [2.75, 3.05) is 6.61 Å². The van der Waals surface area contributed by atoms with Crippen LogP contribution in [0.25, 0.3) is 10.1 Å². The number of hydrogen-bond donors (Lipinski definition) is 0. The minimum Gasteiger partial charge on any atom is -0.461 e. The van der Waals surface area contributed by atoms with E-state index in [1.807, 2.05) is 6.92 Å². The van der Waals surface area contributed by atoms with Crippen LogP contribution in [-0.4, -0.2) is 12.6 Å². The van der Waals surface area contributed by atoms with E-state index in [0.717, 1.165) is 27.1 Å². The molecule has 1 unspecified atom stereocenters. The van der Waals surface area contributed by atoms with Gasteiger partial charge in [0.15, 0.2) is 0 Å². The molecular weight excluding hydrogens is 380 g/mol. The fourth-order valence-corrected chi connectivity index (χ4v) is 6.17. The van der Waals surface area contributed by atoms with Gasteiger partial charge in [-0.3, -0.25) is 0 Å². The molecule has 122 valence electrons. The lowest BCUT2D eigenvalue weighted by atomic mass is 10.0.